The van der Waals surface area contributed by atoms with Gasteiger partial charge in [-0.25, -0.2) is 0 Å². The first kappa shape index (κ1) is 21.6. The maximum atomic E-state index is 12.9. The van der Waals surface area contributed by atoms with E-state index in [4.69, 9.17) is 9.78 Å². The number of aromatic nitrogens is 2. The number of amides is 1. The largest absolute Gasteiger partial charge is 0.370 e. The first-order valence-electron chi connectivity index (χ1n) is 10.7. The predicted octanol–water partition coefficient (Wildman–Crippen LogP) is 4.79. The summed E-state index contributed by atoms with van der Waals surface area (Å²) in [6, 6.07) is 11.6. The van der Waals surface area contributed by atoms with Crippen molar-refractivity contribution < 1.29 is 9.32 Å². The molecule has 3 aromatic rings. The van der Waals surface area contributed by atoms with Gasteiger partial charge in [0.25, 0.3) is 5.91 Å². The number of carbonyl (C=O) groups is 1. The highest BCUT2D eigenvalue weighted by Gasteiger charge is 2.27. The van der Waals surface area contributed by atoms with Gasteiger partial charge >= 0.3 is 0 Å². The monoisotopic (exact) mass is 429 g/mol. The standard InChI is InChI=1S/C25H27N5O2/c1-16-5-6-18(24(31)28-23-11-22(29-32-23)25(2,3)4)10-21(16)19-7-8-30(15-19)20-9-17(12-26)13-27-14-20/h5-6,9-11,13-14,19H,7-8,15H2,1-4H3,(H,28,31)/t19-/m1/s1. The summed E-state index contributed by atoms with van der Waals surface area (Å²) >= 11 is 0. The minimum atomic E-state index is -0.219. The Morgan fingerprint density at radius 2 is 2.06 bits per heavy atom. The van der Waals surface area contributed by atoms with E-state index >= 15 is 0 Å². The summed E-state index contributed by atoms with van der Waals surface area (Å²) in [7, 11) is 0. The molecule has 7 heteroatoms. The molecule has 1 atom stereocenters. The van der Waals surface area contributed by atoms with Gasteiger partial charge in [0.15, 0.2) is 0 Å². The number of rotatable bonds is 4. The third kappa shape index (κ3) is 4.50. The second kappa shape index (κ2) is 8.46. The molecule has 4 rings (SSSR count). The van der Waals surface area contributed by atoms with Crippen molar-refractivity contribution in [3.63, 3.8) is 0 Å². The van der Waals surface area contributed by atoms with Crippen LogP contribution < -0.4 is 10.2 Å². The predicted molar refractivity (Wildman–Crippen MR) is 123 cm³/mol. The highest BCUT2D eigenvalue weighted by atomic mass is 16.5. The molecular weight excluding hydrogens is 402 g/mol. The number of hydrogen-bond donors (Lipinski definition) is 1. The molecule has 164 valence electrons. The molecule has 1 saturated heterocycles. The zero-order valence-corrected chi connectivity index (χ0v) is 18.8. The summed E-state index contributed by atoms with van der Waals surface area (Å²) in [5.41, 5.74) is 5.06. The smallest absolute Gasteiger partial charge is 0.258 e. The second-order valence-corrected chi connectivity index (χ2v) is 9.33. The Morgan fingerprint density at radius 1 is 1.25 bits per heavy atom. The van der Waals surface area contributed by atoms with Crippen LogP contribution in [-0.2, 0) is 5.41 Å². The number of aryl methyl sites for hydroxylation is 1. The fourth-order valence-corrected chi connectivity index (χ4v) is 4.00. The van der Waals surface area contributed by atoms with Crippen LogP contribution in [0.3, 0.4) is 0 Å². The summed E-state index contributed by atoms with van der Waals surface area (Å²) in [5, 5.41) is 16.0. The number of nitriles is 1. The third-order valence-electron chi connectivity index (χ3n) is 5.90. The molecule has 0 spiro atoms. The summed E-state index contributed by atoms with van der Waals surface area (Å²) < 4.78 is 5.30. The van der Waals surface area contributed by atoms with Gasteiger partial charge in [0.1, 0.15) is 6.07 Å². The van der Waals surface area contributed by atoms with Crippen LogP contribution >= 0.6 is 0 Å². The molecule has 3 heterocycles. The van der Waals surface area contributed by atoms with Gasteiger partial charge in [-0.05, 0) is 42.7 Å². The van der Waals surface area contributed by atoms with Crippen LogP contribution in [0.4, 0.5) is 11.6 Å². The Morgan fingerprint density at radius 3 is 2.78 bits per heavy atom. The number of carbonyl (C=O) groups excluding carboxylic acids is 1. The maximum absolute atomic E-state index is 12.9. The van der Waals surface area contributed by atoms with Gasteiger partial charge in [-0.2, -0.15) is 5.26 Å². The average molecular weight is 430 g/mol. The summed E-state index contributed by atoms with van der Waals surface area (Å²) in [6.07, 6.45) is 4.34. The normalized spacial score (nSPS) is 16.1. The molecule has 1 fully saturated rings. The quantitative estimate of drug-likeness (QED) is 0.640. The molecule has 1 N–H and O–H groups in total. The highest BCUT2D eigenvalue weighted by Crippen LogP contribution is 2.33. The Balaban J connectivity index is 1.50. The lowest BCUT2D eigenvalue weighted by Crippen LogP contribution is -2.20. The Kier molecular flexibility index (Phi) is 5.70. The maximum Gasteiger partial charge on any atom is 0.258 e. The molecule has 7 nitrogen and oxygen atoms in total. The molecule has 1 aliphatic rings. The number of pyridine rings is 1. The Hall–Kier alpha value is -3.66. The van der Waals surface area contributed by atoms with Crippen molar-refractivity contribution in [1.29, 1.82) is 5.26 Å². The van der Waals surface area contributed by atoms with E-state index in [1.807, 2.05) is 45.0 Å². The van der Waals surface area contributed by atoms with Crippen LogP contribution in [0, 0.1) is 18.3 Å². The number of nitrogens with one attached hydrogen (secondary N) is 1. The molecule has 0 radical (unpaired) electrons. The minimum absolute atomic E-state index is 0.153. The van der Waals surface area contributed by atoms with Crippen LogP contribution in [0.2, 0.25) is 0 Å². The zero-order chi connectivity index (χ0) is 22.9. The van der Waals surface area contributed by atoms with E-state index in [0.29, 0.717) is 22.9 Å². The first-order chi connectivity index (χ1) is 15.2. The van der Waals surface area contributed by atoms with Crippen molar-refractivity contribution in [2.75, 3.05) is 23.3 Å². The van der Waals surface area contributed by atoms with E-state index in [-0.39, 0.29) is 11.3 Å². The lowest BCUT2D eigenvalue weighted by atomic mass is 9.92. The molecule has 1 amide bonds. The first-order valence-corrected chi connectivity index (χ1v) is 10.7. The van der Waals surface area contributed by atoms with E-state index in [1.165, 1.54) is 0 Å². The molecule has 0 unspecified atom stereocenters. The molecule has 1 aliphatic heterocycles. The molecule has 2 aromatic heterocycles. The van der Waals surface area contributed by atoms with Crippen molar-refractivity contribution in [3.8, 4) is 6.07 Å². The van der Waals surface area contributed by atoms with Crippen LogP contribution in [0.25, 0.3) is 0 Å². The van der Waals surface area contributed by atoms with Crippen LogP contribution in [0.1, 0.15) is 65.9 Å². The van der Waals surface area contributed by atoms with Crippen molar-refractivity contribution in [2.45, 2.75) is 45.4 Å². The zero-order valence-electron chi connectivity index (χ0n) is 18.8. The molecule has 0 bridgehead atoms. The number of benzene rings is 1. The van der Waals surface area contributed by atoms with Gasteiger partial charge in [0, 0.05) is 42.2 Å². The minimum Gasteiger partial charge on any atom is -0.370 e. The molecule has 1 aromatic carbocycles. The van der Waals surface area contributed by atoms with Gasteiger partial charge in [0.05, 0.1) is 23.1 Å². The number of anilines is 2. The van der Waals surface area contributed by atoms with E-state index in [9.17, 15) is 4.79 Å². The number of nitrogens with zero attached hydrogens (tertiary/aromatic N) is 4. The van der Waals surface area contributed by atoms with Gasteiger partial charge in [-0.3, -0.25) is 15.1 Å². The molecular formula is C25H27N5O2. The summed E-state index contributed by atoms with van der Waals surface area (Å²) in [4.78, 5) is 19.3. The third-order valence-corrected chi connectivity index (χ3v) is 5.90. The van der Waals surface area contributed by atoms with Crippen molar-refractivity contribution in [1.82, 2.24) is 10.1 Å². The van der Waals surface area contributed by atoms with Crippen molar-refractivity contribution in [2.24, 2.45) is 0 Å². The molecule has 0 saturated carbocycles. The molecule has 0 aliphatic carbocycles. The fourth-order valence-electron chi connectivity index (χ4n) is 4.00. The number of hydrogen-bond acceptors (Lipinski definition) is 6. The van der Waals surface area contributed by atoms with Gasteiger partial charge in [0.2, 0.25) is 5.88 Å². The SMILES string of the molecule is Cc1ccc(C(=O)Nc2cc(C(C)(C)C)no2)cc1[C@@H]1CCN(c2cncc(C#N)c2)C1. The van der Waals surface area contributed by atoms with Crippen molar-refractivity contribution >= 4 is 17.5 Å². The van der Waals surface area contributed by atoms with E-state index in [0.717, 1.165) is 42.0 Å². The second-order valence-electron chi connectivity index (χ2n) is 9.33. The summed E-state index contributed by atoms with van der Waals surface area (Å²) in [6.45, 7) is 9.90. The van der Waals surface area contributed by atoms with Crippen LogP contribution in [0.5, 0.6) is 0 Å². The van der Waals surface area contributed by atoms with Gasteiger partial charge < -0.3 is 9.42 Å². The highest BCUT2D eigenvalue weighted by molar-refractivity contribution is 6.03. The van der Waals surface area contributed by atoms with Gasteiger partial charge in [-0.1, -0.05) is 32.0 Å². The van der Waals surface area contributed by atoms with Crippen molar-refractivity contribution in [3.05, 3.63) is 70.7 Å². The Bertz CT molecular complexity index is 1190. The van der Waals surface area contributed by atoms with E-state index in [2.05, 4.69) is 33.4 Å². The van der Waals surface area contributed by atoms with Gasteiger partial charge in [-0.15, -0.1) is 0 Å². The lowest BCUT2D eigenvalue weighted by Gasteiger charge is -2.19. The van der Waals surface area contributed by atoms with Crippen LogP contribution in [-0.4, -0.2) is 29.1 Å². The molecule has 32 heavy (non-hydrogen) atoms. The topological polar surface area (TPSA) is 95.1 Å². The fraction of sp³-hybridized carbons (Fsp3) is 0.360. The Labute approximate surface area is 188 Å². The summed E-state index contributed by atoms with van der Waals surface area (Å²) in [5.74, 6) is 0.425. The average Bonchev–Trinajstić information content (AvgIpc) is 3.44. The van der Waals surface area contributed by atoms with E-state index < -0.39 is 0 Å². The van der Waals surface area contributed by atoms with E-state index in [1.54, 1.807) is 18.5 Å². The lowest BCUT2D eigenvalue weighted by molar-refractivity contribution is 0.102. The van der Waals surface area contributed by atoms with Crippen LogP contribution in [0.15, 0.2) is 47.2 Å².